The van der Waals surface area contributed by atoms with Crippen LogP contribution in [0.2, 0.25) is 0 Å². The molecule has 1 aliphatic rings. The molecule has 0 unspecified atom stereocenters. The predicted octanol–water partition coefficient (Wildman–Crippen LogP) is 4.21. The monoisotopic (exact) mass is 347 g/mol. The van der Waals surface area contributed by atoms with E-state index in [1.165, 1.54) is 16.6 Å². The van der Waals surface area contributed by atoms with E-state index in [0.29, 0.717) is 5.92 Å². The quantitative estimate of drug-likeness (QED) is 0.712. The Hall–Kier alpha value is -2.62. The van der Waals surface area contributed by atoms with Crippen LogP contribution in [0.3, 0.4) is 0 Å². The number of benzene rings is 2. The summed E-state index contributed by atoms with van der Waals surface area (Å²) in [6.07, 6.45) is 4.03. The maximum absolute atomic E-state index is 12.8. The van der Waals surface area contributed by atoms with E-state index >= 15 is 0 Å². The second-order valence-electron chi connectivity index (χ2n) is 7.42. The van der Waals surface area contributed by atoms with E-state index in [2.05, 4.69) is 41.6 Å². The maximum Gasteiger partial charge on any atom is 0.253 e. The topological polar surface area (TPSA) is 38.1 Å². The molecular formula is C22H25N3O. The molecule has 1 aromatic heterocycles. The highest BCUT2D eigenvalue weighted by molar-refractivity contribution is 5.94. The SMILES string of the molecule is Cc1ccc(C(=O)N2CCC(Cn3cnc4ccccc43)CC2)cc1C. The Kier molecular flexibility index (Phi) is 4.49. The van der Waals surface area contributed by atoms with Crippen molar-refractivity contribution in [2.45, 2.75) is 33.2 Å². The molecule has 0 atom stereocenters. The zero-order chi connectivity index (χ0) is 18.1. The van der Waals surface area contributed by atoms with Gasteiger partial charge in [-0.05, 0) is 68.0 Å². The summed E-state index contributed by atoms with van der Waals surface area (Å²) in [6.45, 7) is 6.79. The molecule has 2 aromatic carbocycles. The highest BCUT2D eigenvalue weighted by Gasteiger charge is 2.24. The Morgan fingerprint density at radius 2 is 1.85 bits per heavy atom. The average Bonchev–Trinajstić information content (AvgIpc) is 3.07. The van der Waals surface area contributed by atoms with Gasteiger partial charge in [-0.1, -0.05) is 18.2 Å². The summed E-state index contributed by atoms with van der Waals surface area (Å²) in [7, 11) is 0. The number of hydrogen-bond acceptors (Lipinski definition) is 2. The van der Waals surface area contributed by atoms with E-state index in [0.717, 1.165) is 43.6 Å². The molecule has 3 aromatic rings. The summed E-state index contributed by atoms with van der Waals surface area (Å²) in [6, 6.07) is 14.3. The minimum atomic E-state index is 0.166. The van der Waals surface area contributed by atoms with Gasteiger partial charge in [0.2, 0.25) is 0 Å². The molecule has 1 aliphatic heterocycles. The van der Waals surface area contributed by atoms with Crippen LogP contribution in [-0.4, -0.2) is 33.4 Å². The van der Waals surface area contributed by atoms with Gasteiger partial charge in [0.15, 0.2) is 0 Å². The van der Waals surface area contributed by atoms with Crippen LogP contribution in [0.4, 0.5) is 0 Å². The molecule has 0 N–H and O–H groups in total. The van der Waals surface area contributed by atoms with Crippen LogP contribution >= 0.6 is 0 Å². The van der Waals surface area contributed by atoms with Crippen LogP contribution in [0, 0.1) is 19.8 Å². The Labute approximate surface area is 154 Å². The Bertz CT molecular complexity index is 935. The van der Waals surface area contributed by atoms with Gasteiger partial charge in [-0.25, -0.2) is 4.98 Å². The minimum Gasteiger partial charge on any atom is -0.339 e. The number of hydrogen-bond donors (Lipinski definition) is 0. The molecule has 4 nitrogen and oxygen atoms in total. The number of piperidine rings is 1. The Morgan fingerprint density at radius 1 is 1.08 bits per heavy atom. The smallest absolute Gasteiger partial charge is 0.253 e. The van der Waals surface area contributed by atoms with Gasteiger partial charge in [-0.2, -0.15) is 0 Å². The molecule has 0 saturated carbocycles. The van der Waals surface area contributed by atoms with E-state index in [9.17, 15) is 4.79 Å². The van der Waals surface area contributed by atoms with Crippen molar-refractivity contribution in [1.82, 2.24) is 14.5 Å². The van der Waals surface area contributed by atoms with Gasteiger partial charge in [0, 0.05) is 25.2 Å². The first-order chi connectivity index (χ1) is 12.6. The molecule has 1 amide bonds. The summed E-state index contributed by atoms with van der Waals surface area (Å²) in [5.41, 5.74) is 5.47. The number of carbonyl (C=O) groups is 1. The second kappa shape index (κ2) is 6.94. The van der Waals surface area contributed by atoms with Gasteiger partial charge < -0.3 is 9.47 Å². The number of rotatable bonds is 3. The number of para-hydroxylation sites is 2. The molecule has 134 valence electrons. The highest BCUT2D eigenvalue weighted by Crippen LogP contribution is 2.23. The Morgan fingerprint density at radius 3 is 2.62 bits per heavy atom. The van der Waals surface area contributed by atoms with Crippen molar-refractivity contribution >= 4 is 16.9 Å². The number of fused-ring (bicyclic) bond motifs is 1. The number of amides is 1. The van der Waals surface area contributed by atoms with Gasteiger partial charge >= 0.3 is 0 Å². The first kappa shape index (κ1) is 16.8. The maximum atomic E-state index is 12.8. The summed E-state index contributed by atoms with van der Waals surface area (Å²) < 4.78 is 2.25. The summed E-state index contributed by atoms with van der Waals surface area (Å²) in [5.74, 6) is 0.760. The van der Waals surface area contributed by atoms with Crippen molar-refractivity contribution in [2.75, 3.05) is 13.1 Å². The van der Waals surface area contributed by atoms with Gasteiger partial charge in [0.1, 0.15) is 0 Å². The molecule has 0 aliphatic carbocycles. The van der Waals surface area contributed by atoms with Gasteiger partial charge in [-0.3, -0.25) is 4.79 Å². The van der Waals surface area contributed by atoms with Crippen molar-refractivity contribution in [3.8, 4) is 0 Å². The largest absolute Gasteiger partial charge is 0.339 e. The lowest BCUT2D eigenvalue weighted by Crippen LogP contribution is -2.39. The fourth-order valence-electron chi connectivity index (χ4n) is 3.81. The summed E-state index contributed by atoms with van der Waals surface area (Å²) in [5, 5.41) is 0. The predicted molar refractivity (Wildman–Crippen MR) is 104 cm³/mol. The lowest BCUT2D eigenvalue weighted by Gasteiger charge is -2.32. The van der Waals surface area contributed by atoms with Crippen molar-refractivity contribution in [1.29, 1.82) is 0 Å². The first-order valence-electron chi connectivity index (χ1n) is 9.38. The lowest BCUT2D eigenvalue weighted by molar-refractivity contribution is 0.0683. The third kappa shape index (κ3) is 3.24. The third-order valence-electron chi connectivity index (χ3n) is 5.64. The molecule has 4 rings (SSSR count). The standard InChI is InChI=1S/C22H25N3O/c1-16-7-8-19(13-17(16)2)22(26)24-11-9-18(10-12-24)14-25-15-23-20-5-3-4-6-21(20)25/h3-8,13,15,18H,9-12,14H2,1-2H3. The number of imidazole rings is 1. The minimum absolute atomic E-state index is 0.166. The normalized spacial score (nSPS) is 15.5. The molecule has 0 radical (unpaired) electrons. The molecule has 4 heteroatoms. The van der Waals surface area contributed by atoms with Crippen LogP contribution in [-0.2, 0) is 6.54 Å². The Balaban J connectivity index is 1.39. The van der Waals surface area contributed by atoms with Crippen LogP contribution < -0.4 is 0 Å². The van der Waals surface area contributed by atoms with Crippen molar-refractivity contribution in [2.24, 2.45) is 5.92 Å². The fraction of sp³-hybridized carbons (Fsp3) is 0.364. The van der Waals surface area contributed by atoms with Gasteiger partial charge in [0.05, 0.1) is 17.4 Å². The number of aromatic nitrogens is 2. The summed E-state index contributed by atoms with van der Waals surface area (Å²) >= 11 is 0. The van der Waals surface area contributed by atoms with E-state index < -0.39 is 0 Å². The summed E-state index contributed by atoms with van der Waals surface area (Å²) in [4.78, 5) is 19.3. The molecule has 2 heterocycles. The van der Waals surface area contributed by atoms with Crippen LogP contribution in [0.5, 0.6) is 0 Å². The molecule has 1 saturated heterocycles. The number of likely N-dealkylation sites (tertiary alicyclic amines) is 1. The van der Waals surface area contributed by atoms with Crippen LogP contribution in [0.15, 0.2) is 48.8 Å². The van der Waals surface area contributed by atoms with Gasteiger partial charge in [0.25, 0.3) is 5.91 Å². The van der Waals surface area contributed by atoms with Crippen LogP contribution in [0.25, 0.3) is 11.0 Å². The van der Waals surface area contributed by atoms with Crippen molar-refractivity contribution < 1.29 is 4.79 Å². The lowest BCUT2D eigenvalue weighted by atomic mass is 9.95. The molecule has 1 fully saturated rings. The highest BCUT2D eigenvalue weighted by atomic mass is 16.2. The van der Waals surface area contributed by atoms with E-state index in [-0.39, 0.29) is 5.91 Å². The van der Waals surface area contributed by atoms with E-state index in [4.69, 9.17) is 0 Å². The van der Waals surface area contributed by atoms with Gasteiger partial charge in [-0.15, -0.1) is 0 Å². The zero-order valence-corrected chi connectivity index (χ0v) is 15.5. The van der Waals surface area contributed by atoms with Crippen molar-refractivity contribution in [3.63, 3.8) is 0 Å². The number of nitrogens with zero attached hydrogens (tertiary/aromatic N) is 3. The average molecular weight is 347 g/mol. The van der Waals surface area contributed by atoms with Crippen molar-refractivity contribution in [3.05, 3.63) is 65.5 Å². The second-order valence-corrected chi connectivity index (χ2v) is 7.42. The van der Waals surface area contributed by atoms with E-state index in [1.807, 2.05) is 35.5 Å². The molecule has 0 spiro atoms. The van der Waals surface area contributed by atoms with Crippen LogP contribution in [0.1, 0.15) is 34.3 Å². The molecule has 26 heavy (non-hydrogen) atoms. The molecule has 0 bridgehead atoms. The third-order valence-corrected chi connectivity index (χ3v) is 5.64. The number of carbonyl (C=O) groups excluding carboxylic acids is 1. The fourth-order valence-corrected chi connectivity index (χ4v) is 3.81. The molecular weight excluding hydrogens is 322 g/mol. The van der Waals surface area contributed by atoms with E-state index in [1.54, 1.807) is 0 Å². The first-order valence-corrected chi connectivity index (χ1v) is 9.38. The zero-order valence-electron chi connectivity index (χ0n) is 15.5. The number of aryl methyl sites for hydroxylation is 2.